The first-order valence-electron chi connectivity index (χ1n) is 5.33. The molecule has 7 heteroatoms. The summed E-state index contributed by atoms with van der Waals surface area (Å²) in [5, 5.41) is 10.6. The number of rotatable bonds is 9. The molecule has 0 aliphatic carbocycles. The maximum Gasteiger partial charge on any atom is 0.322 e. The fourth-order valence-electron chi connectivity index (χ4n) is 1.22. The number of nitrogens with one attached hydrogen (secondary N) is 1. The van der Waals surface area contributed by atoms with Crippen molar-refractivity contribution in [1.82, 2.24) is 5.32 Å². The Kier molecular flexibility index (Phi) is 8.43. The van der Waals surface area contributed by atoms with E-state index in [1.165, 1.54) is 0 Å². The van der Waals surface area contributed by atoms with Crippen molar-refractivity contribution < 1.29 is 19.5 Å². The number of carboxylic acids is 1. The normalized spacial score (nSPS) is 11.9. The second kappa shape index (κ2) is 9.00. The zero-order chi connectivity index (χ0) is 13.3. The Balaban J connectivity index is 4.08. The van der Waals surface area contributed by atoms with E-state index in [4.69, 9.17) is 10.8 Å². The van der Waals surface area contributed by atoms with Gasteiger partial charge >= 0.3 is 5.97 Å². The number of carboxylic acid groups (broad SMARTS) is 1. The molecule has 4 N–H and O–H groups in total. The average Bonchev–Trinajstić information content (AvgIpc) is 2.30. The molecule has 0 aliphatic heterocycles. The van der Waals surface area contributed by atoms with Crippen LogP contribution in [0.5, 0.6) is 0 Å². The molecule has 98 valence electrons. The number of thiol groups is 1. The third kappa shape index (κ3) is 7.76. The van der Waals surface area contributed by atoms with Crippen molar-refractivity contribution in [3.63, 3.8) is 0 Å². The highest BCUT2D eigenvalue weighted by Gasteiger charge is 2.20. The Labute approximate surface area is 105 Å². The van der Waals surface area contributed by atoms with Gasteiger partial charge in [0.1, 0.15) is 12.3 Å². The highest BCUT2D eigenvalue weighted by atomic mass is 32.1. The SMILES string of the molecule is NCCCC(=O)C[C@@H](CS)C(=O)NCC(=O)O. The highest BCUT2D eigenvalue weighted by Crippen LogP contribution is 2.09. The van der Waals surface area contributed by atoms with Crippen LogP contribution in [0.25, 0.3) is 0 Å². The standard InChI is InChI=1S/C10H18N2O4S/c11-3-1-2-8(13)4-7(6-17)10(16)12-5-9(14)15/h7,17H,1-6,11H2,(H,12,16)(H,14,15)/t7-/m0/s1. The summed E-state index contributed by atoms with van der Waals surface area (Å²) in [6.45, 7) is -0.0113. The molecule has 1 amide bonds. The second-order valence-electron chi connectivity index (χ2n) is 3.63. The van der Waals surface area contributed by atoms with E-state index < -0.39 is 24.3 Å². The van der Waals surface area contributed by atoms with Crippen LogP contribution in [0.15, 0.2) is 0 Å². The van der Waals surface area contributed by atoms with Gasteiger partial charge in [-0.1, -0.05) is 0 Å². The molecule has 0 spiro atoms. The molecule has 17 heavy (non-hydrogen) atoms. The molecule has 0 aromatic heterocycles. The summed E-state index contributed by atoms with van der Waals surface area (Å²) >= 11 is 3.98. The van der Waals surface area contributed by atoms with Crippen molar-refractivity contribution >= 4 is 30.3 Å². The Morgan fingerprint density at radius 3 is 2.47 bits per heavy atom. The van der Waals surface area contributed by atoms with Crippen LogP contribution < -0.4 is 11.1 Å². The van der Waals surface area contributed by atoms with Gasteiger partial charge in [0.2, 0.25) is 5.91 Å². The fourth-order valence-corrected chi connectivity index (χ4v) is 1.52. The van der Waals surface area contributed by atoms with Crippen molar-refractivity contribution in [2.24, 2.45) is 11.7 Å². The number of Topliss-reactive ketones (excluding diaryl/α,β-unsaturated/α-hetero) is 1. The van der Waals surface area contributed by atoms with Gasteiger partial charge in [-0.25, -0.2) is 0 Å². The van der Waals surface area contributed by atoms with E-state index in [1.54, 1.807) is 0 Å². The highest BCUT2D eigenvalue weighted by molar-refractivity contribution is 7.80. The third-order valence-corrected chi connectivity index (χ3v) is 2.58. The summed E-state index contributed by atoms with van der Waals surface area (Å²) in [6, 6.07) is 0. The molecule has 0 bridgehead atoms. The summed E-state index contributed by atoms with van der Waals surface area (Å²) in [5.74, 6) is -2.00. The van der Waals surface area contributed by atoms with Gasteiger partial charge in [-0.3, -0.25) is 14.4 Å². The fraction of sp³-hybridized carbons (Fsp3) is 0.700. The van der Waals surface area contributed by atoms with Crippen molar-refractivity contribution in [2.75, 3.05) is 18.8 Å². The molecule has 0 rings (SSSR count). The number of carbonyl (C=O) groups excluding carboxylic acids is 2. The Morgan fingerprint density at radius 2 is 2.00 bits per heavy atom. The van der Waals surface area contributed by atoms with Gasteiger partial charge in [-0.2, -0.15) is 12.6 Å². The molecular formula is C10H18N2O4S. The molecular weight excluding hydrogens is 244 g/mol. The van der Waals surface area contributed by atoms with Gasteiger partial charge in [0.25, 0.3) is 0 Å². The predicted molar refractivity (Wildman–Crippen MR) is 65.9 cm³/mol. The summed E-state index contributed by atoms with van der Waals surface area (Å²) < 4.78 is 0. The summed E-state index contributed by atoms with van der Waals surface area (Å²) in [5.41, 5.74) is 5.27. The summed E-state index contributed by atoms with van der Waals surface area (Å²) in [7, 11) is 0. The van der Waals surface area contributed by atoms with Crippen LogP contribution in [-0.2, 0) is 14.4 Å². The molecule has 6 nitrogen and oxygen atoms in total. The zero-order valence-electron chi connectivity index (χ0n) is 9.52. The number of carbonyl (C=O) groups is 3. The first kappa shape index (κ1) is 15.9. The predicted octanol–water partition coefficient (Wildman–Crippen LogP) is -0.569. The van der Waals surface area contributed by atoms with Crippen molar-refractivity contribution in [3.8, 4) is 0 Å². The van der Waals surface area contributed by atoms with E-state index >= 15 is 0 Å². The van der Waals surface area contributed by atoms with Gasteiger partial charge in [0, 0.05) is 18.6 Å². The minimum atomic E-state index is -1.12. The first-order chi connectivity index (χ1) is 8.01. The molecule has 0 saturated carbocycles. The largest absolute Gasteiger partial charge is 0.480 e. The van der Waals surface area contributed by atoms with Crippen LogP contribution in [0.1, 0.15) is 19.3 Å². The second-order valence-corrected chi connectivity index (χ2v) is 3.99. The van der Waals surface area contributed by atoms with Crippen LogP contribution in [0.2, 0.25) is 0 Å². The number of aliphatic carboxylic acids is 1. The molecule has 0 aromatic rings. The quantitative estimate of drug-likeness (QED) is 0.416. The zero-order valence-corrected chi connectivity index (χ0v) is 10.4. The van der Waals surface area contributed by atoms with Crippen LogP contribution in [0.3, 0.4) is 0 Å². The number of hydrogen-bond donors (Lipinski definition) is 4. The Bertz CT molecular complexity index is 283. The van der Waals surface area contributed by atoms with E-state index in [-0.39, 0.29) is 18.0 Å². The van der Waals surface area contributed by atoms with Gasteiger partial charge in [0.05, 0.1) is 5.92 Å². The molecule has 0 fully saturated rings. The monoisotopic (exact) mass is 262 g/mol. The summed E-state index contributed by atoms with van der Waals surface area (Å²) in [6.07, 6.45) is 1.01. The van der Waals surface area contributed by atoms with E-state index in [0.29, 0.717) is 19.4 Å². The van der Waals surface area contributed by atoms with Gasteiger partial charge < -0.3 is 16.2 Å². The third-order valence-electron chi connectivity index (χ3n) is 2.14. The smallest absolute Gasteiger partial charge is 0.322 e. The van der Waals surface area contributed by atoms with E-state index in [1.807, 2.05) is 0 Å². The average molecular weight is 262 g/mol. The molecule has 1 atom stereocenters. The maximum absolute atomic E-state index is 11.5. The lowest BCUT2D eigenvalue weighted by molar-refractivity contribution is -0.138. The van der Waals surface area contributed by atoms with Crippen LogP contribution >= 0.6 is 12.6 Å². The van der Waals surface area contributed by atoms with Crippen molar-refractivity contribution in [2.45, 2.75) is 19.3 Å². The maximum atomic E-state index is 11.5. The molecule has 0 unspecified atom stereocenters. The van der Waals surface area contributed by atoms with Gasteiger partial charge in [0.15, 0.2) is 0 Å². The minimum Gasteiger partial charge on any atom is -0.480 e. The van der Waals surface area contributed by atoms with Crippen molar-refractivity contribution in [3.05, 3.63) is 0 Å². The molecule has 0 radical (unpaired) electrons. The lowest BCUT2D eigenvalue weighted by atomic mass is 10.0. The lowest BCUT2D eigenvalue weighted by Gasteiger charge is -2.12. The molecule has 0 aromatic carbocycles. The van der Waals surface area contributed by atoms with E-state index in [9.17, 15) is 14.4 Å². The first-order valence-corrected chi connectivity index (χ1v) is 5.96. The van der Waals surface area contributed by atoms with Gasteiger partial charge in [-0.05, 0) is 13.0 Å². The lowest BCUT2D eigenvalue weighted by Crippen LogP contribution is -2.36. The number of hydrogen-bond acceptors (Lipinski definition) is 5. The van der Waals surface area contributed by atoms with Crippen molar-refractivity contribution in [1.29, 1.82) is 0 Å². The Hall–Kier alpha value is -1.08. The van der Waals surface area contributed by atoms with Crippen LogP contribution in [0.4, 0.5) is 0 Å². The topological polar surface area (TPSA) is 109 Å². The molecule has 0 heterocycles. The Morgan fingerprint density at radius 1 is 1.35 bits per heavy atom. The van der Waals surface area contributed by atoms with Crippen LogP contribution in [0, 0.1) is 5.92 Å². The number of nitrogens with two attached hydrogens (primary N) is 1. The number of ketones is 1. The number of amides is 1. The van der Waals surface area contributed by atoms with Crippen LogP contribution in [-0.4, -0.2) is 41.6 Å². The molecule has 0 aliphatic rings. The minimum absolute atomic E-state index is 0.0556. The summed E-state index contributed by atoms with van der Waals surface area (Å²) in [4.78, 5) is 33.2. The van der Waals surface area contributed by atoms with E-state index in [0.717, 1.165) is 0 Å². The van der Waals surface area contributed by atoms with E-state index in [2.05, 4.69) is 17.9 Å². The van der Waals surface area contributed by atoms with Gasteiger partial charge in [-0.15, -0.1) is 0 Å². The molecule has 0 saturated heterocycles.